The smallest absolute Gasteiger partial charge is 0.100 e. The van der Waals surface area contributed by atoms with Gasteiger partial charge in [-0.25, -0.2) is 0 Å². The van der Waals surface area contributed by atoms with Crippen LogP contribution in [0.25, 0.3) is 0 Å². The van der Waals surface area contributed by atoms with Crippen molar-refractivity contribution in [3.05, 3.63) is 56.2 Å². The predicted octanol–water partition coefficient (Wildman–Crippen LogP) is 4.23. The van der Waals surface area contributed by atoms with Crippen LogP contribution in [0.4, 0.5) is 0 Å². The number of benzene rings is 1. The summed E-state index contributed by atoms with van der Waals surface area (Å²) in [6.45, 7) is 2.94. The Kier molecular flexibility index (Phi) is 4.54. The molecule has 1 aromatic heterocycles. The van der Waals surface area contributed by atoms with E-state index >= 15 is 0 Å². The van der Waals surface area contributed by atoms with Gasteiger partial charge in [0.2, 0.25) is 0 Å². The molecule has 0 fully saturated rings. The number of hydrogen-bond acceptors (Lipinski definition) is 3. The minimum Gasteiger partial charge on any atom is -0.305 e. The lowest BCUT2D eigenvalue weighted by atomic mass is 10.1. The van der Waals surface area contributed by atoms with Gasteiger partial charge < -0.3 is 5.32 Å². The van der Waals surface area contributed by atoms with Crippen molar-refractivity contribution in [1.29, 1.82) is 5.26 Å². The Morgan fingerprint density at radius 2 is 2.11 bits per heavy atom. The molecule has 1 N–H and O–H groups in total. The van der Waals surface area contributed by atoms with Crippen molar-refractivity contribution in [1.82, 2.24) is 5.32 Å². The molecule has 1 aromatic carbocycles. The molecule has 0 amide bonds. The Bertz CT molecular complexity index is 554. The summed E-state index contributed by atoms with van der Waals surface area (Å²) in [5, 5.41) is 14.1. The molecular weight excluding hydrogens is 308 g/mol. The van der Waals surface area contributed by atoms with Gasteiger partial charge in [-0.05, 0) is 30.7 Å². The molecule has 0 unspecified atom stereocenters. The zero-order chi connectivity index (χ0) is 13.0. The van der Waals surface area contributed by atoms with E-state index in [1.165, 1.54) is 10.4 Å². The van der Waals surface area contributed by atoms with Gasteiger partial charge in [0.25, 0.3) is 0 Å². The number of hydrogen-bond donors (Lipinski definition) is 1. The highest BCUT2D eigenvalue weighted by atomic mass is 79.9. The van der Waals surface area contributed by atoms with E-state index in [9.17, 15) is 0 Å². The van der Waals surface area contributed by atoms with E-state index in [4.69, 9.17) is 5.26 Å². The lowest BCUT2D eigenvalue weighted by Gasteiger charge is -2.13. The van der Waals surface area contributed by atoms with E-state index in [2.05, 4.69) is 46.4 Å². The number of nitrogens with zero attached hydrogens (tertiary/aromatic N) is 1. The van der Waals surface area contributed by atoms with E-state index in [1.54, 1.807) is 11.3 Å². The SMILES string of the molecule is C[C@H](NCc1cc(C#N)cs1)c1ccc(Br)cc1. The summed E-state index contributed by atoms with van der Waals surface area (Å²) < 4.78 is 1.09. The third-order valence-electron chi connectivity index (χ3n) is 2.74. The summed E-state index contributed by atoms with van der Waals surface area (Å²) in [6.07, 6.45) is 0. The van der Waals surface area contributed by atoms with Crippen LogP contribution >= 0.6 is 27.3 Å². The van der Waals surface area contributed by atoms with Crippen molar-refractivity contribution >= 4 is 27.3 Å². The van der Waals surface area contributed by atoms with Gasteiger partial charge in [-0.3, -0.25) is 0 Å². The van der Waals surface area contributed by atoms with Crippen molar-refractivity contribution in [2.45, 2.75) is 19.5 Å². The first-order chi connectivity index (χ1) is 8.69. The largest absolute Gasteiger partial charge is 0.305 e. The highest BCUT2D eigenvalue weighted by Crippen LogP contribution is 2.18. The molecule has 0 radical (unpaired) electrons. The van der Waals surface area contributed by atoms with Crippen LogP contribution in [-0.4, -0.2) is 0 Å². The van der Waals surface area contributed by atoms with Gasteiger partial charge in [0.05, 0.1) is 5.56 Å². The maximum Gasteiger partial charge on any atom is 0.100 e. The molecule has 2 aromatic rings. The van der Waals surface area contributed by atoms with Crippen molar-refractivity contribution in [2.24, 2.45) is 0 Å². The Balaban J connectivity index is 1.94. The number of nitriles is 1. The normalized spacial score (nSPS) is 12.1. The average molecular weight is 321 g/mol. The predicted molar refractivity (Wildman–Crippen MR) is 78.4 cm³/mol. The molecule has 92 valence electrons. The summed E-state index contributed by atoms with van der Waals surface area (Å²) in [4.78, 5) is 1.19. The number of thiophene rings is 1. The lowest BCUT2D eigenvalue weighted by Crippen LogP contribution is -2.17. The van der Waals surface area contributed by atoms with Crippen LogP contribution < -0.4 is 5.32 Å². The zero-order valence-corrected chi connectivity index (χ0v) is 12.4. The van der Waals surface area contributed by atoms with Crippen LogP contribution in [0.2, 0.25) is 0 Å². The molecule has 1 atom stereocenters. The van der Waals surface area contributed by atoms with Crippen LogP contribution in [-0.2, 0) is 6.54 Å². The standard InChI is InChI=1S/C14H13BrN2S/c1-10(12-2-4-13(15)5-3-12)17-8-14-6-11(7-16)9-18-14/h2-6,9-10,17H,8H2,1H3/t10-/m0/s1. The second-order valence-corrected chi connectivity index (χ2v) is 5.98. The maximum absolute atomic E-state index is 8.76. The second-order valence-electron chi connectivity index (χ2n) is 4.07. The molecular formula is C14H13BrN2S. The molecule has 0 spiro atoms. The number of halogens is 1. The fourth-order valence-corrected chi connectivity index (χ4v) is 2.68. The van der Waals surface area contributed by atoms with Gasteiger partial charge >= 0.3 is 0 Å². The molecule has 4 heteroatoms. The molecule has 0 aliphatic rings. The zero-order valence-electron chi connectivity index (χ0n) is 9.98. The van der Waals surface area contributed by atoms with Gasteiger partial charge in [-0.2, -0.15) is 5.26 Å². The summed E-state index contributed by atoms with van der Waals surface area (Å²) in [5.74, 6) is 0. The molecule has 0 aliphatic heterocycles. The molecule has 0 saturated carbocycles. The maximum atomic E-state index is 8.76. The highest BCUT2D eigenvalue weighted by Gasteiger charge is 2.05. The molecule has 1 heterocycles. The van der Waals surface area contributed by atoms with Gasteiger partial charge in [-0.15, -0.1) is 11.3 Å². The molecule has 18 heavy (non-hydrogen) atoms. The second kappa shape index (κ2) is 6.14. The quantitative estimate of drug-likeness (QED) is 0.914. The average Bonchev–Trinajstić information content (AvgIpc) is 2.85. The first-order valence-electron chi connectivity index (χ1n) is 5.65. The summed E-state index contributed by atoms with van der Waals surface area (Å²) in [6, 6.07) is 12.7. The molecule has 0 saturated heterocycles. The Morgan fingerprint density at radius 1 is 1.39 bits per heavy atom. The summed E-state index contributed by atoms with van der Waals surface area (Å²) >= 11 is 5.05. The van der Waals surface area contributed by atoms with E-state index < -0.39 is 0 Å². The third kappa shape index (κ3) is 3.42. The minimum atomic E-state index is 0.297. The fraction of sp³-hybridized carbons (Fsp3) is 0.214. The van der Waals surface area contributed by atoms with E-state index in [0.717, 1.165) is 16.6 Å². The number of rotatable bonds is 4. The van der Waals surface area contributed by atoms with Crippen LogP contribution in [0.5, 0.6) is 0 Å². The van der Waals surface area contributed by atoms with E-state index in [1.807, 2.05) is 23.6 Å². The van der Waals surface area contributed by atoms with Crippen LogP contribution in [0, 0.1) is 11.3 Å². The van der Waals surface area contributed by atoms with Crippen molar-refractivity contribution in [3.63, 3.8) is 0 Å². The van der Waals surface area contributed by atoms with Crippen molar-refractivity contribution < 1.29 is 0 Å². The van der Waals surface area contributed by atoms with Gasteiger partial charge in [0.1, 0.15) is 6.07 Å². The van der Waals surface area contributed by atoms with Crippen LogP contribution in [0.15, 0.2) is 40.2 Å². The van der Waals surface area contributed by atoms with Crippen molar-refractivity contribution in [3.8, 4) is 6.07 Å². The minimum absolute atomic E-state index is 0.297. The fourth-order valence-electron chi connectivity index (χ4n) is 1.65. The van der Waals surface area contributed by atoms with Crippen LogP contribution in [0.3, 0.4) is 0 Å². The molecule has 2 rings (SSSR count). The summed E-state index contributed by atoms with van der Waals surface area (Å²) in [7, 11) is 0. The molecule has 0 bridgehead atoms. The van der Waals surface area contributed by atoms with Gasteiger partial charge in [0.15, 0.2) is 0 Å². The molecule has 2 nitrogen and oxygen atoms in total. The van der Waals surface area contributed by atoms with Crippen molar-refractivity contribution in [2.75, 3.05) is 0 Å². The summed E-state index contributed by atoms with van der Waals surface area (Å²) in [5.41, 5.74) is 2.00. The highest BCUT2D eigenvalue weighted by molar-refractivity contribution is 9.10. The first kappa shape index (κ1) is 13.3. The van der Waals surface area contributed by atoms with E-state index in [-0.39, 0.29) is 0 Å². The number of nitrogens with one attached hydrogen (secondary N) is 1. The topological polar surface area (TPSA) is 35.8 Å². The van der Waals surface area contributed by atoms with E-state index in [0.29, 0.717) is 6.04 Å². The van der Waals surface area contributed by atoms with Gasteiger partial charge in [-0.1, -0.05) is 28.1 Å². The lowest BCUT2D eigenvalue weighted by molar-refractivity contribution is 0.579. The Hall–Kier alpha value is -1.15. The first-order valence-corrected chi connectivity index (χ1v) is 7.32. The Labute approximate surface area is 119 Å². The molecule has 0 aliphatic carbocycles. The Morgan fingerprint density at radius 3 is 2.72 bits per heavy atom. The monoisotopic (exact) mass is 320 g/mol. The van der Waals surface area contributed by atoms with Crippen LogP contribution in [0.1, 0.15) is 29.0 Å². The van der Waals surface area contributed by atoms with Gasteiger partial charge in [0, 0.05) is 27.3 Å². The third-order valence-corrected chi connectivity index (χ3v) is 4.20.